The number of hydrogen-bond acceptors (Lipinski definition) is 3. The van der Waals surface area contributed by atoms with Gasteiger partial charge < -0.3 is 9.84 Å². The zero-order valence-corrected chi connectivity index (χ0v) is 21.3. The van der Waals surface area contributed by atoms with Crippen molar-refractivity contribution in [3.05, 3.63) is 35.9 Å². The molecule has 186 valence electrons. The van der Waals surface area contributed by atoms with Crippen LogP contribution in [0.3, 0.4) is 0 Å². The highest BCUT2D eigenvalue weighted by Gasteiger charge is 2.04. The van der Waals surface area contributed by atoms with Crippen LogP contribution in [-0.4, -0.2) is 24.3 Å². The molecule has 0 amide bonds. The Morgan fingerprint density at radius 1 is 0.625 bits per heavy atom. The van der Waals surface area contributed by atoms with Crippen molar-refractivity contribution >= 4 is 5.97 Å². The maximum Gasteiger partial charge on any atom is 0.338 e. The molecule has 0 saturated carbocycles. The number of rotatable bonds is 20. The van der Waals surface area contributed by atoms with E-state index in [1.54, 1.807) is 12.1 Å². The lowest BCUT2D eigenvalue weighted by Crippen LogP contribution is -2.05. The molecule has 0 atom stereocenters. The first kappa shape index (κ1) is 30.6. The molecule has 0 aliphatic heterocycles. The Hall–Kier alpha value is -1.35. The number of aliphatic hydroxyl groups is 1. The molecule has 0 spiro atoms. The third kappa shape index (κ3) is 21.9. The van der Waals surface area contributed by atoms with Gasteiger partial charge in [0.25, 0.3) is 0 Å². The Morgan fingerprint density at radius 2 is 1.03 bits per heavy atom. The molecule has 32 heavy (non-hydrogen) atoms. The molecule has 1 aromatic carbocycles. The molecule has 3 heteroatoms. The van der Waals surface area contributed by atoms with Crippen molar-refractivity contribution in [2.45, 2.75) is 129 Å². The minimum Gasteiger partial charge on any atom is -0.462 e. The Kier molecular flexibility index (Phi) is 24.8. The Bertz CT molecular complexity index is 470. The quantitative estimate of drug-likeness (QED) is 0.160. The third-order valence-corrected chi connectivity index (χ3v) is 5.75. The second-order valence-electron chi connectivity index (χ2n) is 8.88. The summed E-state index contributed by atoms with van der Waals surface area (Å²) in [7, 11) is 0. The summed E-state index contributed by atoms with van der Waals surface area (Å²) in [5.74, 6) is -0.228. The van der Waals surface area contributed by atoms with Gasteiger partial charge >= 0.3 is 5.97 Å². The fraction of sp³-hybridized carbons (Fsp3) is 0.759. The maximum absolute atomic E-state index is 11.3. The Balaban J connectivity index is 0.000000641. The van der Waals surface area contributed by atoms with E-state index in [0.29, 0.717) is 18.8 Å². The lowest BCUT2D eigenvalue weighted by Gasteiger charge is -2.03. The molecule has 0 fully saturated rings. The predicted octanol–water partition coefficient (Wildman–Crippen LogP) is 8.88. The highest BCUT2D eigenvalue weighted by atomic mass is 16.5. The number of carbonyl (C=O) groups is 1. The lowest BCUT2D eigenvalue weighted by molar-refractivity contribution is 0.0499. The molecule has 0 bridgehead atoms. The van der Waals surface area contributed by atoms with Crippen molar-refractivity contribution in [3.63, 3.8) is 0 Å². The number of unbranched alkanes of at least 4 members (excludes halogenated alkanes) is 16. The molecule has 0 aromatic heterocycles. The van der Waals surface area contributed by atoms with E-state index in [9.17, 15) is 4.79 Å². The summed E-state index contributed by atoms with van der Waals surface area (Å²) in [4.78, 5) is 11.3. The molecule has 1 rings (SSSR count). The van der Waals surface area contributed by atoms with Gasteiger partial charge in [0.05, 0.1) is 12.2 Å². The van der Waals surface area contributed by atoms with Gasteiger partial charge in [-0.3, -0.25) is 0 Å². The van der Waals surface area contributed by atoms with Crippen molar-refractivity contribution < 1.29 is 14.6 Å². The lowest BCUT2D eigenvalue weighted by atomic mass is 10.0. The number of ether oxygens (including phenoxy) is 1. The van der Waals surface area contributed by atoms with Crippen LogP contribution in [-0.2, 0) is 4.74 Å². The molecule has 0 aliphatic carbocycles. The van der Waals surface area contributed by atoms with E-state index in [-0.39, 0.29) is 5.97 Å². The van der Waals surface area contributed by atoms with E-state index in [1.807, 2.05) is 18.2 Å². The molecule has 1 aromatic rings. The van der Waals surface area contributed by atoms with E-state index in [1.165, 1.54) is 96.3 Å². The monoisotopic (exact) mass is 448 g/mol. The molecular formula is C29H52O3. The minimum absolute atomic E-state index is 0.228. The second-order valence-corrected chi connectivity index (χ2v) is 8.88. The highest BCUT2D eigenvalue weighted by molar-refractivity contribution is 5.89. The summed E-state index contributed by atoms with van der Waals surface area (Å²) < 4.78 is 5.03. The van der Waals surface area contributed by atoms with Crippen LogP contribution >= 0.6 is 0 Å². The Labute approximate surface area is 199 Å². The van der Waals surface area contributed by atoms with Crippen LogP contribution in [0.25, 0.3) is 0 Å². The number of carbonyl (C=O) groups excluding carboxylic acids is 1. The summed E-state index contributed by atoms with van der Waals surface area (Å²) >= 11 is 0. The fourth-order valence-corrected chi connectivity index (χ4v) is 3.63. The maximum atomic E-state index is 11.3. The van der Waals surface area contributed by atoms with E-state index in [0.717, 1.165) is 19.3 Å². The summed E-state index contributed by atoms with van der Waals surface area (Å²) in [5, 5.41) is 8.67. The van der Waals surface area contributed by atoms with Crippen molar-refractivity contribution in [1.29, 1.82) is 0 Å². The molecule has 3 nitrogen and oxygen atoms in total. The largest absolute Gasteiger partial charge is 0.462 e. The first-order valence-corrected chi connectivity index (χ1v) is 13.6. The van der Waals surface area contributed by atoms with Crippen LogP contribution in [0.1, 0.15) is 140 Å². The molecule has 0 aliphatic rings. The summed E-state index contributed by atoms with van der Waals surface area (Å²) in [6, 6.07) is 9.05. The SMILES string of the molecule is CCCCCCCCCCCCCCCCCCO.CCCCOC(=O)c1ccccc1. The molecule has 0 saturated heterocycles. The smallest absolute Gasteiger partial charge is 0.338 e. The fourth-order valence-electron chi connectivity index (χ4n) is 3.63. The predicted molar refractivity (Wildman–Crippen MR) is 138 cm³/mol. The topological polar surface area (TPSA) is 46.5 Å². The van der Waals surface area contributed by atoms with Gasteiger partial charge in [-0.15, -0.1) is 0 Å². The van der Waals surface area contributed by atoms with Crippen LogP contribution in [0.2, 0.25) is 0 Å². The molecule has 0 heterocycles. The van der Waals surface area contributed by atoms with Crippen molar-refractivity contribution in [2.75, 3.05) is 13.2 Å². The van der Waals surface area contributed by atoms with Crippen LogP contribution in [0.15, 0.2) is 30.3 Å². The van der Waals surface area contributed by atoms with E-state index >= 15 is 0 Å². The van der Waals surface area contributed by atoms with Crippen LogP contribution in [0, 0.1) is 0 Å². The van der Waals surface area contributed by atoms with Crippen molar-refractivity contribution in [2.24, 2.45) is 0 Å². The molecule has 0 unspecified atom stereocenters. The van der Waals surface area contributed by atoms with E-state index < -0.39 is 0 Å². The minimum atomic E-state index is -0.228. The molecule has 0 radical (unpaired) electrons. The zero-order chi connectivity index (χ0) is 23.5. The van der Waals surface area contributed by atoms with Crippen LogP contribution in [0.5, 0.6) is 0 Å². The van der Waals surface area contributed by atoms with Gasteiger partial charge in [0.15, 0.2) is 0 Å². The number of aliphatic hydroxyl groups excluding tert-OH is 1. The first-order chi connectivity index (χ1) is 15.8. The number of hydrogen-bond donors (Lipinski definition) is 1. The van der Waals surface area contributed by atoms with Crippen molar-refractivity contribution in [1.82, 2.24) is 0 Å². The van der Waals surface area contributed by atoms with Crippen LogP contribution < -0.4 is 0 Å². The van der Waals surface area contributed by atoms with Gasteiger partial charge in [-0.2, -0.15) is 0 Å². The first-order valence-electron chi connectivity index (χ1n) is 13.6. The average molecular weight is 449 g/mol. The Morgan fingerprint density at radius 3 is 1.44 bits per heavy atom. The van der Waals surface area contributed by atoms with Gasteiger partial charge in [0.2, 0.25) is 0 Å². The molecular weight excluding hydrogens is 396 g/mol. The second kappa shape index (κ2) is 25.9. The van der Waals surface area contributed by atoms with Gasteiger partial charge in [-0.05, 0) is 25.0 Å². The zero-order valence-electron chi connectivity index (χ0n) is 21.3. The summed E-state index contributed by atoms with van der Waals surface area (Å²) in [6.45, 7) is 5.24. The van der Waals surface area contributed by atoms with Gasteiger partial charge in [0, 0.05) is 6.61 Å². The average Bonchev–Trinajstić information content (AvgIpc) is 2.82. The van der Waals surface area contributed by atoms with Gasteiger partial charge in [-0.25, -0.2) is 4.79 Å². The normalized spacial score (nSPS) is 10.5. The van der Waals surface area contributed by atoms with Gasteiger partial charge in [-0.1, -0.05) is 135 Å². The number of esters is 1. The third-order valence-electron chi connectivity index (χ3n) is 5.75. The van der Waals surface area contributed by atoms with E-state index in [2.05, 4.69) is 13.8 Å². The van der Waals surface area contributed by atoms with Gasteiger partial charge in [0.1, 0.15) is 0 Å². The van der Waals surface area contributed by atoms with E-state index in [4.69, 9.17) is 9.84 Å². The molecule has 1 N–H and O–H groups in total. The summed E-state index contributed by atoms with van der Waals surface area (Å²) in [6.07, 6.45) is 24.1. The number of benzene rings is 1. The van der Waals surface area contributed by atoms with Crippen LogP contribution in [0.4, 0.5) is 0 Å². The highest BCUT2D eigenvalue weighted by Crippen LogP contribution is 2.13. The summed E-state index contributed by atoms with van der Waals surface area (Å²) in [5.41, 5.74) is 0.624. The standard InChI is InChI=1S/C18H38O.C11H14O2/c1-2-3-4-5-6-7-8-9-10-11-12-13-14-15-16-17-18-19;1-2-3-9-13-11(12)10-7-5-4-6-8-10/h19H,2-18H2,1H3;4-8H,2-3,9H2,1H3. The van der Waals surface area contributed by atoms with Crippen molar-refractivity contribution in [3.8, 4) is 0 Å².